The van der Waals surface area contributed by atoms with E-state index >= 15 is 0 Å². The zero-order valence-electron chi connectivity index (χ0n) is 12.6. The fourth-order valence-corrected chi connectivity index (χ4v) is 3.48. The fraction of sp³-hybridized carbons (Fsp3) is 0.750. The molecule has 0 aromatic heterocycles. The fourth-order valence-electron chi connectivity index (χ4n) is 3.48. The lowest BCUT2D eigenvalue weighted by Crippen LogP contribution is -2.40. The monoisotopic (exact) mass is 279 g/mol. The second kappa shape index (κ2) is 6.42. The van der Waals surface area contributed by atoms with E-state index in [1.165, 1.54) is 7.11 Å². The molecule has 1 amide bonds. The van der Waals surface area contributed by atoms with Crippen LogP contribution < -0.4 is 5.32 Å². The highest BCUT2D eigenvalue weighted by molar-refractivity contribution is 5.87. The molecule has 0 saturated heterocycles. The summed E-state index contributed by atoms with van der Waals surface area (Å²) in [6.45, 7) is 5.05. The van der Waals surface area contributed by atoms with Crippen molar-refractivity contribution in [2.24, 2.45) is 29.6 Å². The van der Waals surface area contributed by atoms with Gasteiger partial charge in [-0.15, -0.1) is 0 Å². The van der Waals surface area contributed by atoms with E-state index in [1.54, 1.807) is 0 Å². The van der Waals surface area contributed by atoms with Crippen molar-refractivity contribution in [3.05, 3.63) is 12.2 Å². The van der Waals surface area contributed by atoms with Gasteiger partial charge in [0.25, 0.3) is 0 Å². The van der Waals surface area contributed by atoms with E-state index in [0.29, 0.717) is 12.5 Å². The first-order valence-corrected chi connectivity index (χ1v) is 7.58. The summed E-state index contributed by atoms with van der Waals surface area (Å²) in [4.78, 5) is 24.3. The Morgan fingerprint density at radius 1 is 1.25 bits per heavy atom. The number of ether oxygens (including phenoxy) is 1. The first kappa shape index (κ1) is 15.1. The van der Waals surface area contributed by atoms with E-state index in [-0.39, 0.29) is 35.5 Å². The summed E-state index contributed by atoms with van der Waals surface area (Å²) in [5.74, 6) is 0.273. The molecule has 4 heteroatoms. The van der Waals surface area contributed by atoms with E-state index in [9.17, 15) is 9.59 Å². The largest absolute Gasteiger partial charge is 0.469 e. The van der Waals surface area contributed by atoms with Crippen LogP contribution in [0.1, 0.15) is 33.1 Å². The highest BCUT2D eigenvalue weighted by atomic mass is 16.5. The Kier molecular flexibility index (Phi) is 4.84. The summed E-state index contributed by atoms with van der Waals surface area (Å²) >= 11 is 0. The van der Waals surface area contributed by atoms with Crippen molar-refractivity contribution in [1.82, 2.24) is 5.32 Å². The molecule has 0 heterocycles. The number of allylic oxidation sites excluding steroid dienone is 2. The van der Waals surface area contributed by atoms with Crippen molar-refractivity contribution in [2.75, 3.05) is 13.7 Å². The number of rotatable bonds is 6. The number of carbonyl (C=O) groups excluding carboxylic acids is 2. The van der Waals surface area contributed by atoms with E-state index in [1.807, 2.05) is 0 Å². The number of amides is 1. The molecule has 1 fully saturated rings. The highest BCUT2D eigenvalue weighted by Crippen LogP contribution is 2.48. The van der Waals surface area contributed by atoms with E-state index < -0.39 is 0 Å². The standard InChI is InChI=1S/C16H25NO3/c1-10(2)5-4-8-17-15(18)13-11-6-7-12(9-11)14(13)16(19)20-3/h6-7,10-14H,4-5,8-9H2,1-3H3,(H,17,18). The molecule has 2 bridgehead atoms. The Balaban J connectivity index is 1.91. The molecule has 0 radical (unpaired) electrons. The second-order valence-electron chi connectivity index (χ2n) is 6.35. The van der Waals surface area contributed by atoms with Crippen molar-refractivity contribution in [1.29, 1.82) is 0 Å². The van der Waals surface area contributed by atoms with Crippen LogP contribution in [0.15, 0.2) is 12.2 Å². The number of fused-ring (bicyclic) bond motifs is 2. The number of hydrogen-bond donors (Lipinski definition) is 1. The molecule has 0 aromatic carbocycles. The maximum Gasteiger partial charge on any atom is 0.310 e. The normalized spacial score (nSPS) is 30.8. The van der Waals surface area contributed by atoms with Crippen LogP contribution in [0.3, 0.4) is 0 Å². The molecular formula is C16H25NO3. The lowest BCUT2D eigenvalue weighted by Gasteiger charge is -2.25. The third kappa shape index (κ3) is 3.05. The average molecular weight is 279 g/mol. The molecule has 2 rings (SSSR count). The molecule has 20 heavy (non-hydrogen) atoms. The van der Waals surface area contributed by atoms with Crippen LogP contribution in [-0.4, -0.2) is 25.5 Å². The predicted octanol–water partition coefficient (Wildman–Crippen LogP) is 2.15. The summed E-state index contributed by atoms with van der Waals surface area (Å²) in [6.07, 6.45) is 7.15. The van der Waals surface area contributed by atoms with Gasteiger partial charge in [0, 0.05) is 6.54 Å². The zero-order valence-corrected chi connectivity index (χ0v) is 12.6. The number of methoxy groups -OCH3 is 1. The minimum absolute atomic E-state index is 0.0148. The summed E-state index contributed by atoms with van der Waals surface area (Å²) in [5.41, 5.74) is 0. The van der Waals surface area contributed by atoms with Gasteiger partial charge >= 0.3 is 5.97 Å². The lowest BCUT2D eigenvalue weighted by atomic mass is 9.82. The quantitative estimate of drug-likeness (QED) is 0.460. The van der Waals surface area contributed by atoms with Crippen LogP contribution in [0.5, 0.6) is 0 Å². The first-order chi connectivity index (χ1) is 9.54. The van der Waals surface area contributed by atoms with Gasteiger partial charge in [0.1, 0.15) is 0 Å². The van der Waals surface area contributed by atoms with Crippen molar-refractivity contribution in [2.45, 2.75) is 33.1 Å². The van der Waals surface area contributed by atoms with Crippen molar-refractivity contribution >= 4 is 11.9 Å². The molecule has 0 aliphatic heterocycles. The molecular weight excluding hydrogens is 254 g/mol. The Hall–Kier alpha value is -1.32. The summed E-state index contributed by atoms with van der Waals surface area (Å²) < 4.78 is 4.87. The smallest absolute Gasteiger partial charge is 0.310 e. The van der Waals surface area contributed by atoms with Crippen LogP contribution in [-0.2, 0) is 14.3 Å². The molecule has 4 atom stereocenters. The van der Waals surface area contributed by atoms with Gasteiger partial charge in [0.15, 0.2) is 0 Å². The Bertz CT molecular complexity index is 403. The molecule has 0 spiro atoms. The van der Waals surface area contributed by atoms with Crippen LogP contribution >= 0.6 is 0 Å². The summed E-state index contributed by atoms with van der Waals surface area (Å²) in [7, 11) is 1.40. The van der Waals surface area contributed by atoms with E-state index in [2.05, 4.69) is 31.3 Å². The highest BCUT2D eigenvalue weighted by Gasteiger charge is 2.51. The van der Waals surface area contributed by atoms with Crippen molar-refractivity contribution < 1.29 is 14.3 Å². The van der Waals surface area contributed by atoms with Gasteiger partial charge in [0.2, 0.25) is 5.91 Å². The Labute approximate surface area is 120 Å². The third-order valence-electron chi connectivity index (χ3n) is 4.49. The molecule has 4 unspecified atom stereocenters. The van der Waals surface area contributed by atoms with Crippen LogP contribution in [0.25, 0.3) is 0 Å². The SMILES string of the molecule is COC(=O)C1C2C=CC(C2)C1C(=O)NCCCC(C)C. The molecule has 0 aromatic rings. The van der Waals surface area contributed by atoms with Gasteiger partial charge < -0.3 is 10.1 Å². The summed E-state index contributed by atoms with van der Waals surface area (Å²) in [5, 5.41) is 2.99. The van der Waals surface area contributed by atoms with Gasteiger partial charge in [-0.25, -0.2) is 0 Å². The van der Waals surface area contributed by atoms with Gasteiger partial charge in [-0.3, -0.25) is 9.59 Å². The number of nitrogens with one attached hydrogen (secondary N) is 1. The summed E-state index contributed by atoms with van der Waals surface area (Å²) in [6, 6.07) is 0. The predicted molar refractivity (Wildman–Crippen MR) is 76.8 cm³/mol. The Morgan fingerprint density at radius 2 is 1.90 bits per heavy atom. The maximum atomic E-state index is 12.4. The van der Waals surface area contributed by atoms with Crippen LogP contribution in [0.2, 0.25) is 0 Å². The van der Waals surface area contributed by atoms with Crippen LogP contribution in [0, 0.1) is 29.6 Å². The molecule has 1 saturated carbocycles. The maximum absolute atomic E-state index is 12.4. The first-order valence-electron chi connectivity index (χ1n) is 7.58. The van der Waals surface area contributed by atoms with Gasteiger partial charge in [-0.05, 0) is 37.0 Å². The zero-order chi connectivity index (χ0) is 14.7. The Morgan fingerprint density at radius 3 is 2.50 bits per heavy atom. The van der Waals surface area contributed by atoms with Gasteiger partial charge in [-0.2, -0.15) is 0 Å². The van der Waals surface area contributed by atoms with Gasteiger partial charge in [0.05, 0.1) is 18.9 Å². The van der Waals surface area contributed by atoms with E-state index in [0.717, 1.165) is 19.3 Å². The minimum Gasteiger partial charge on any atom is -0.469 e. The average Bonchev–Trinajstić information content (AvgIpc) is 3.02. The van der Waals surface area contributed by atoms with Crippen LogP contribution in [0.4, 0.5) is 0 Å². The number of carbonyl (C=O) groups is 2. The molecule has 2 aliphatic rings. The van der Waals surface area contributed by atoms with E-state index in [4.69, 9.17) is 4.74 Å². The molecule has 1 N–H and O–H groups in total. The minimum atomic E-state index is -0.292. The second-order valence-corrected chi connectivity index (χ2v) is 6.35. The molecule has 4 nitrogen and oxygen atoms in total. The van der Waals surface area contributed by atoms with Crippen molar-refractivity contribution in [3.63, 3.8) is 0 Å². The lowest BCUT2D eigenvalue weighted by molar-refractivity contribution is -0.151. The molecule has 2 aliphatic carbocycles. The molecule has 112 valence electrons. The number of esters is 1. The van der Waals surface area contributed by atoms with Crippen molar-refractivity contribution in [3.8, 4) is 0 Å². The van der Waals surface area contributed by atoms with Gasteiger partial charge in [-0.1, -0.05) is 26.0 Å². The third-order valence-corrected chi connectivity index (χ3v) is 4.49. The topological polar surface area (TPSA) is 55.4 Å². The number of hydrogen-bond acceptors (Lipinski definition) is 3.